The van der Waals surface area contributed by atoms with Gasteiger partial charge in [0, 0.05) is 18.6 Å². The molecule has 2 aliphatic heterocycles. The van der Waals surface area contributed by atoms with Gasteiger partial charge in [-0.15, -0.1) is 0 Å². The second kappa shape index (κ2) is 9.01. The van der Waals surface area contributed by atoms with Crippen LogP contribution in [0.2, 0.25) is 0 Å². The van der Waals surface area contributed by atoms with E-state index in [9.17, 15) is 0 Å². The monoisotopic (exact) mass is 281 g/mol. The summed E-state index contributed by atoms with van der Waals surface area (Å²) in [5.74, 6) is 0. The van der Waals surface area contributed by atoms with Gasteiger partial charge >= 0.3 is 0 Å². The first-order valence-electron chi connectivity index (χ1n) is 9.04. The average molecular weight is 281 g/mol. The van der Waals surface area contributed by atoms with E-state index in [0.717, 1.165) is 18.6 Å². The first-order valence-corrected chi connectivity index (χ1v) is 9.04. The van der Waals surface area contributed by atoms with Gasteiger partial charge in [-0.1, -0.05) is 26.7 Å². The minimum atomic E-state index is 0.766. The average Bonchev–Trinajstić information content (AvgIpc) is 2.52. The molecular weight excluding hydrogens is 246 g/mol. The summed E-state index contributed by atoms with van der Waals surface area (Å²) in [5, 5.41) is 3.55. The maximum atomic E-state index is 3.55. The zero-order valence-electron chi connectivity index (χ0n) is 13.7. The summed E-state index contributed by atoms with van der Waals surface area (Å²) in [5.41, 5.74) is 0. The second-order valence-electron chi connectivity index (χ2n) is 6.61. The Kier molecular flexibility index (Phi) is 7.32. The lowest BCUT2D eigenvalue weighted by Gasteiger charge is -2.42. The summed E-state index contributed by atoms with van der Waals surface area (Å²) in [6.45, 7) is 12.2. The first-order chi connectivity index (χ1) is 9.85. The van der Waals surface area contributed by atoms with Crippen LogP contribution in [-0.2, 0) is 0 Å². The molecule has 3 heteroatoms. The van der Waals surface area contributed by atoms with E-state index in [1.165, 1.54) is 77.7 Å². The third kappa shape index (κ3) is 4.71. The van der Waals surface area contributed by atoms with E-state index < -0.39 is 0 Å². The van der Waals surface area contributed by atoms with Gasteiger partial charge in [0.15, 0.2) is 0 Å². The van der Waals surface area contributed by atoms with Gasteiger partial charge in [-0.2, -0.15) is 0 Å². The number of likely N-dealkylation sites (N-methyl/N-ethyl adjacent to an activating group) is 1. The topological polar surface area (TPSA) is 18.5 Å². The highest BCUT2D eigenvalue weighted by Crippen LogP contribution is 2.22. The van der Waals surface area contributed by atoms with E-state index in [1.54, 1.807) is 0 Å². The summed E-state index contributed by atoms with van der Waals surface area (Å²) >= 11 is 0. The largest absolute Gasteiger partial charge is 0.315 e. The highest BCUT2D eigenvalue weighted by atomic mass is 15.2. The van der Waals surface area contributed by atoms with Gasteiger partial charge < -0.3 is 10.2 Å². The normalized spacial score (nSPS) is 24.9. The van der Waals surface area contributed by atoms with Crippen molar-refractivity contribution in [1.29, 1.82) is 0 Å². The van der Waals surface area contributed by atoms with E-state index in [4.69, 9.17) is 0 Å². The molecule has 0 aliphatic carbocycles. The van der Waals surface area contributed by atoms with Crippen molar-refractivity contribution in [1.82, 2.24) is 15.1 Å². The fraction of sp³-hybridized carbons (Fsp3) is 1.00. The molecule has 1 unspecified atom stereocenters. The van der Waals surface area contributed by atoms with Crippen LogP contribution in [0.4, 0.5) is 0 Å². The van der Waals surface area contributed by atoms with E-state index in [-0.39, 0.29) is 0 Å². The Morgan fingerprint density at radius 3 is 2.30 bits per heavy atom. The van der Waals surface area contributed by atoms with Crippen LogP contribution < -0.4 is 5.32 Å². The van der Waals surface area contributed by atoms with Crippen LogP contribution in [0.5, 0.6) is 0 Å². The van der Waals surface area contributed by atoms with Gasteiger partial charge in [0.2, 0.25) is 0 Å². The lowest BCUT2D eigenvalue weighted by molar-refractivity contribution is 0.0694. The molecule has 3 nitrogen and oxygen atoms in total. The molecule has 0 radical (unpaired) electrons. The fourth-order valence-electron chi connectivity index (χ4n) is 3.96. The number of likely N-dealkylation sites (tertiary alicyclic amines) is 2. The van der Waals surface area contributed by atoms with Crippen molar-refractivity contribution in [2.24, 2.45) is 0 Å². The van der Waals surface area contributed by atoms with E-state index in [1.807, 2.05) is 0 Å². The smallest absolute Gasteiger partial charge is 0.0220 e. The van der Waals surface area contributed by atoms with Crippen molar-refractivity contribution in [3.8, 4) is 0 Å². The molecule has 0 aromatic heterocycles. The quantitative estimate of drug-likeness (QED) is 0.774. The number of rotatable bonds is 7. The van der Waals surface area contributed by atoms with E-state index in [0.29, 0.717) is 0 Å². The molecule has 2 rings (SSSR count). The Balaban J connectivity index is 1.76. The summed E-state index contributed by atoms with van der Waals surface area (Å²) in [7, 11) is 0. The molecule has 0 spiro atoms. The second-order valence-corrected chi connectivity index (χ2v) is 6.61. The van der Waals surface area contributed by atoms with Crippen LogP contribution >= 0.6 is 0 Å². The number of hydrogen-bond acceptors (Lipinski definition) is 3. The predicted octanol–water partition coefficient (Wildman–Crippen LogP) is 2.71. The molecule has 0 aromatic rings. The van der Waals surface area contributed by atoms with Crippen molar-refractivity contribution in [3.05, 3.63) is 0 Å². The maximum Gasteiger partial charge on any atom is 0.0220 e. The maximum absolute atomic E-state index is 3.55. The Labute approximate surface area is 126 Å². The summed E-state index contributed by atoms with van der Waals surface area (Å²) < 4.78 is 0. The van der Waals surface area contributed by atoms with Crippen LogP contribution in [0, 0.1) is 0 Å². The summed E-state index contributed by atoms with van der Waals surface area (Å²) in [4.78, 5) is 5.53. The molecule has 2 aliphatic rings. The minimum absolute atomic E-state index is 0.766. The van der Waals surface area contributed by atoms with Crippen LogP contribution in [0.25, 0.3) is 0 Å². The highest BCUT2D eigenvalue weighted by molar-refractivity contribution is 4.85. The van der Waals surface area contributed by atoms with Crippen LogP contribution in [-0.4, -0.2) is 61.2 Å². The van der Waals surface area contributed by atoms with Crippen LogP contribution in [0.15, 0.2) is 0 Å². The van der Waals surface area contributed by atoms with Crippen molar-refractivity contribution < 1.29 is 0 Å². The zero-order chi connectivity index (χ0) is 14.2. The minimum Gasteiger partial charge on any atom is -0.315 e. The Bertz CT molecular complexity index is 243. The SMILES string of the molecule is CCCC(CNCC)N1CCC(N2CCCCC2)CC1. The molecule has 2 saturated heterocycles. The van der Waals surface area contributed by atoms with Crippen LogP contribution in [0.1, 0.15) is 58.8 Å². The molecular formula is C17H35N3. The number of nitrogens with one attached hydrogen (secondary N) is 1. The predicted molar refractivity (Wildman–Crippen MR) is 87.3 cm³/mol. The third-order valence-corrected chi connectivity index (χ3v) is 5.17. The zero-order valence-corrected chi connectivity index (χ0v) is 13.7. The van der Waals surface area contributed by atoms with Crippen molar-refractivity contribution >= 4 is 0 Å². The molecule has 1 N–H and O–H groups in total. The van der Waals surface area contributed by atoms with Crippen molar-refractivity contribution in [2.45, 2.75) is 70.9 Å². The molecule has 2 fully saturated rings. The van der Waals surface area contributed by atoms with Gasteiger partial charge in [0.1, 0.15) is 0 Å². The lowest BCUT2D eigenvalue weighted by Crippen LogP contribution is -2.51. The molecule has 1 atom stereocenters. The highest BCUT2D eigenvalue weighted by Gasteiger charge is 2.28. The van der Waals surface area contributed by atoms with Crippen molar-refractivity contribution in [3.63, 3.8) is 0 Å². The third-order valence-electron chi connectivity index (χ3n) is 5.17. The molecule has 20 heavy (non-hydrogen) atoms. The Morgan fingerprint density at radius 1 is 1.00 bits per heavy atom. The van der Waals surface area contributed by atoms with Gasteiger partial charge in [-0.25, -0.2) is 0 Å². The summed E-state index contributed by atoms with van der Waals surface area (Å²) in [6, 6.07) is 1.65. The summed E-state index contributed by atoms with van der Waals surface area (Å²) in [6.07, 6.45) is 9.76. The fourth-order valence-corrected chi connectivity index (χ4v) is 3.96. The first kappa shape index (κ1) is 16.3. The van der Waals surface area contributed by atoms with Crippen LogP contribution in [0.3, 0.4) is 0 Å². The van der Waals surface area contributed by atoms with Crippen molar-refractivity contribution in [2.75, 3.05) is 39.3 Å². The van der Waals surface area contributed by atoms with E-state index in [2.05, 4.69) is 29.0 Å². The standard InChI is InChI=1S/C17H35N3/c1-3-8-17(15-18-4-2)20-13-9-16(10-14-20)19-11-6-5-7-12-19/h16-18H,3-15H2,1-2H3. The molecule has 118 valence electrons. The molecule has 2 heterocycles. The van der Waals surface area contributed by atoms with Gasteiger partial charge in [-0.3, -0.25) is 4.90 Å². The number of nitrogens with zero attached hydrogens (tertiary/aromatic N) is 2. The molecule has 0 bridgehead atoms. The van der Waals surface area contributed by atoms with Gasteiger partial charge in [0.05, 0.1) is 0 Å². The molecule has 0 aromatic carbocycles. The Morgan fingerprint density at radius 2 is 1.70 bits per heavy atom. The lowest BCUT2D eigenvalue weighted by atomic mass is 9.98. The molecule has 0 amide bonds. The Hall–Kier alpha value is -0.120. The number of piperidine rings is 2. The molecule has 0 saturated carbocycles. The van der Waals surface area contributed by atoms with Gasteiger partial charge in [0.25, 0.3) is 0 Å². The van der Waals surface area contributed by atoms with E-state index >= 15 is 0 Å². The van der Waals surface area contributed by atoms with Gasteiger partial charge in [-0.05, 0) is 64.8 Å². The number of hydrogen-bond donors (Lipinski definition) is 1.